The van der Waals surface area contributed by atoms with Crippen LogP contribution in [0.15, 0.2) is 97.3 Å². The van der Waals surface area contributed by atoms with Crippen LogP contribution in [0.4, 0.5) is 0 Å². The van der Waals surface area contributed by atoms with Crippen LogP contribution in [-0.4, -0.2) is 19.9 Å². The first-order chi connectivity index (χ1) is 15.6. The van der Waals surface area contributed by atoms with Crippen LogP contribution >= 0.6 is 0 Å². The van der Waals surface area contributed by atoms with E-state index in [0.29, 0.717) is 5.82 Å². The summed E-state index contributed by atoms with van der Waals surface area (Å²) in [7, 11) is 0. The van der Waals surface area contributed by atoms with Crippen molar-refractivity contribution < 1.29 is 5.11 Å². The molecule has 0 saturated heterocycles. The average Bonchev–Trinajstić information content (AvgIpc) is 3.36. The van der Waals surface area contributed by atoms with E-state index in [1.54, 1.807) is 6.33 Å². The van der Waals surface area contributed by atoms with Crippen LogP contribution < -0.4 is 0 Å². The number of hydrogen-bond acceptors (Lipinski definition) is 3. The van der Waals surface area contributed by atoms with Crippen molar-refractivity contribution in [3.05, 3.63) is 120 Å². The second kappa shape index (κ2) is 9.09. The maximum Gasteiger partial charge on any atom is 0.179 e. The summed E-state index contributed by atoms with van der Waals surface area (Å²) in [6, 6.07) is 31.1. The highest BCUT2D eigenvalue weighted by Crippen LogP contribution is 2.42. The Labute approximate surface area is 190 Å². The minimum atomic E-state index is -0.737. The smallest absolute Gasteiger partial charge is 0.179 e. The minimum absolute atomic E-state index is 0.277. The van der Waals surface area contributed by atoms with Crippen molar-refractivity contribution in [1.29, 1.82) is 0 Å². The molecule has 0 fully saturated rings. The van der Waals surface area contributed by atoms with Gasteiger partial charge in [0.05, 0.1) is 0 Å². The molecule has 0 bridgehead atoms. The van der Waals surface area contributed by atoms with E-state index in [1.807, 2.05) is 59.3 Å². The molecule has 1 atom stereocenters. The van der Waals surface area contributed by atoms with Crippen LogP contribution in [0.2, 0.25) is 0 Å². The fourth-order valence-electron chi connectivity index (χ4n) is 4.45. The lowest BCUT2D eigenvalue weighted by molar-refractivity contribution is 0.0226. The Morgan fingerprint density at radius 2 is 1.16 bits per heavy atom. The summed E-state index contributed by atoms with van der Waals surface area (Å²) in [5.41, 5.74) is 2.25. The zero-order valence-corrected chi connectivity index (χ0v) is 19.0. The Hall–Kier alpha value is -3.24. The van der Waals surface area contributed by atoms with Gasteiger partial charge in [-0.25, -0.2) is 9.67 Å². The fourth-order valence-corrected chi connectivity index (χ4v) is 4.45. The Morgan fingerprint density at radius 1 is 0.750 bits per heavy atom. The molecule has 1 heterocycles. The number of hydrogen-bond donors (Lipinski definition) is 1. The molecule has 4 aromatic rings. The summed E-state index contributed by atoms with van der Waals surface area (Å²) in [4.78, 5) is 4.62. The molecule has 0 saturated carbocycles. The molecule has 1 aromatic heterocycles. The van der Waals surface area contributed by atoms with Gasteiger partial charge in [-0.2, -0.15) is 5.10 Å². The van der Waals surface area contributed by atoms with E-state index in [4.69, 9.17) is 5.10 Å². The van der Waals surface area contributed by atoms with E-state index < -0.39 is 11.6 Å². The van der Waals surface area contributed by atoms with Crippen LogP contribution in [0, 0.1) is 5.41 Å². The number of rotatable bonds is 8. The predicted molar refractivity (Wildman–Crippen MR) is 128 cm³/mol. The monoisotopic (exact) mass is 425 g/mol. The summed E-state index contributed by atoms with van der Waals surface area (Å²) < 4.78 is 1.91. The second-order valence-electron chi connectivity index (χ2n) is 8.62. The fraction of sp³-hybridized carbons (Fsp3) is 0.286. The number of nitrogens with zero attached hydrogens (tertiary/aromatic N) is 3. The Bertz CT molecular complexity index is 1020. The summed E-state index contributed by atoms with van der Waals surface area (Å²) >= 11 is 0. The van der Waals surface area contributed by atoms with Gasteiger partial charge in [0, 0.05) is 5.41 Å². The Balaban J connectivity index is 1.99. The van der Waals surface area contributed by atoms with Crippen molar-refractivity contribution >= 4 is 0 Å². The van der Waals surface area contributed by atoms with E-state index in [1.165, 1.54) is 0 Å². The Morgan fingerprint density at radius 3 is 1.53 bits per heavy atom. The number of aliphatic hydroxyl groups is 1. The molecule has 1 unspecified atom stereocenters. The standard InChI is InChI=1S/C28H31N3O/c1-4-27(3,5-2)25(32)26-29-21-31(30-26)28(22-15-9-6-10-16-22,23-17-11-7-12-18-23)24-19-13-8-14-20-24/h6-21,25,32H,4-5H2,1-3H3. The first-order valence-electron chi connectivity index (χ1n) is 11.3. The summed E-state index contributed by atoms with van der Waals surface area (Å²) in [6.07, 6.45) is 2.72. The van der Waals surface area contributed by atoms with Gasteiger partial charge in [-0.3, -0.25) is 0 Å². The summed E-state index contributed by atoms with van der Waals surface area (Å²) in [5.74, 6) is 0.461. The molecule has 0 radical (unpaired) electrons. The van der Waals surface area contributed by atoms with Crippen molar-refractivity contribution in [2.24, 2.45) is 5.41 Å². The van der Waals surface area contributed by atoms with Gasteiger partial charge in [-0.15, -0.1) is 0 Å². The maximum atomic E-state index is 11.2. The molecule has 0 spiro atoms. The van der Waals surface area contributed by atoms with Gasteiger partial charge in [0.1, 0.15) is 18.0 Å². The molecule has 164 valence electrons. The molecule has 3 aromatic carbocycles. The predicted octanol–water partition coefficient (Wildman–Crippen LogP) is 5.98. The van der Waals surface area contributed by atoms with Gasteiger partial charge >= 0.3 is 0 Å². The van der Waals surface area contributed by atoms with Crippen LogP contribution in [0.3, 0.4) is 0 Å². The first kappa shape index (κ1) is 22.0. The van der Waals surface area contributed by atoms with E-state index >= 15 is 0 Å². The molecule has 4 heteroatoms. The van der Waals surface area contributed by atoms with Crippen LogP contribution in [0.1, 0.15) is 62.2 Å². The maximum absolute atomic E-state index is 11.2. The lowest BCUT2D eigenvalue weighted by Gasteiger charge is -2.36. The Kier molecular flexibility index (Phi) is 6.24. The second-order valence-corrected chi connectivity index (χ2v) is 8.62. The third kappa shape index (κ3) is 3.65. The quantitative estimate of drug-likeness (QED) is 0.353. The van der Waals surface area contributed by atoms with Crippen LogP contribution in [0.5, 0.6) is 0 Å². The molecule has 0 aliphatic heterocycles. The largest absolute Gasteiger partial charge is 0.384 e. The third-order valence-corrected chi connectivity index (χ3v) is 6.95. The summed E-state index contributed by atoms with van der Waals surface area (Å²) in [5, 5.41) is 16.1. The van der Waals surface area contributed by atoms with Crippen molar-refractivity contribution in [2.75, 3.05) is 0 Å². The molecule has 4 nitrogen and oxygen atoms in total. The van der Waals surface area contributed by atoms with Crippen molar-refractivity contribution in [3.8, 4) is 0 Å². The normalized spacial score (nSPS) is 13.1. The van der Waals surface area contributed by atoms with Crippen molar-refractivity contribution in [1.82, 2.24) is 14.8 Å². The molecule has 1 N–H and O–H groups in total. The van der Waals surface area contributed by atoms with Crippen molar-refractivity contribution in [2.45, 2.75) is 45.3 Å². The molecule has 4 rings (SSSR count). The molecule has 0 aliphatic rings. The number of aromatic nitrogens is 3. The first-order valence-corrected chi connectivity index (χ1v) is 11.3. The lowest BCUT2D eigenvalue weighted by atomic mass is 9.77. The SMILES string of the molecule is CCC(C)(CC)C(O)c1ncn(C(c2ccccc2)(c2ccccc2)c2ccccc2)n1. The van der Waals surface area contributed by atoms with Gasteiger partial charge < -0.3 is 5.11 Å². The van der Waals surface area contributed by atoms with Gasteiger partial charge in [-0.1, -0.05) is 112 Å². The van der Waals surface area contributed by atoms with Crippen LogP contribution in [0.25, 0.3) is 0 Å². The molecule has 32 heavy (non-hydrogen) atoms. The van der Waals surface area contributed by atoms with E-state index in [2.05, 4.69) is 62.2 Å². The average molecular weight is 426 g/mol. The summed E-state index contributed by atoms with van der Waals surface area (Å²) in [6.45, 7) is 6.30. The van der Waals surface area contributed by atoms with Gasteiger partial charge in [0.25, 0.3) is 0 Å². The van der Waals surface area contributed by atoms with Crippen molar-refractivity contribution in [3.63, 3.8) is 0 Å². The molecule has 0 aliphatic carbocycles. The third-order valence-electron chi connectivity index (χ3n) is 6.95. The molecule has 0 amide bonds. The van der Waals surface area contributed by atoms with E-state index in [-0.39, 0.29) is 5.41 Å². The zero-order valence-electron chi connectivity index (χ0n) is 19.0. The number of benzene rings is 3. The van der Waals surface area contributed by atoms with E-state index in [0.717, 1.165) is 29.5 Å². The van der Waals surface area contributed by atoms with E-state index in [9.17, 15) is 5.11 Å². The molecular formula is C28H31N3O. The zero-order chi connectivity index (χ0) is 22.6. The highest BCUT2D eigenvalue weighted by molar-refractivity contribution is 5.50. The van der Waals surface area contributed by atoms with Crippen LogP contribution in [-0.2, 0) is 5.54 Å². The highest BCUT2D eigenvalue weighted by Gasteiger charge is 2.41. The minimum Gasteiger partial charge on any atom is -0.384 e. The topological polar surface area (TPSA) is 50.9 Å². The lowest BCUT2D eigenvalue weighted by Crippen LogP contribution is -2.38. The van der Waals surface area contributed by atoms with Gasteiger partial charge in [-0.05, 0) is 29.5 Å². The number of aliphatic hydroxyl groups excluding tert-OH is 1. The molecular weight excluding hydrogens is 394 g/mol. The van der Waals surface area contributed by atoms with Gasteiger partial charge in [0.2, 0.25) is 0 Å². The van der Waals surface area contributed by atoms with Gasteiger partial charge in [0.15, 0.2) is 5.82 Å². The highest BCUT2D eigenvalue weighted by atomic mass is 16.3.